The van der Waals surface area contributed by atoms with E-state index in [1.165, 1.54) is 6.92 Å². The predicted octanol–water partition coefficient (Wildman–Crippen LogP) is 2.44. The van der Waals surface area contributed by atoms with Crippen LogP contribution in [0.4, 0.5) is 5.69 Å². The van der Waals surface area contributed by atoms with Crippen molar-refractivity contribution in [2.24, 2.45) is 0 Å². The Morgan fingerprint density at radius 2 is 2.00 bits per heavy atom. The molecule has 0 saturated heterocycles. The van der Waals surface area contributed by atoms with Gasteiger partial charge in [-0.1, -0.05) is 6.07 Å². The van der Waals surface area contributed by atoms with Crippen molar-refractivity contribution in [2.75, 3.05) is 11.1 Å². The summed E-state index contributed by atoms with van der Waals surface area (Å²) in [5, 5.41) is 5.37. The molecule has 6 heteroatoms. The topological polar surface area (TPSA) is 58.2 Å². The highest BCUT2D eigenvalue weighted by molar-refractivity contribution is 9.10. The van der Waals surface area contributed by atoms with Gasteiger partial charge in [-0.25, -0.2) is 0 Å². The average molecular weight is 345 g/mol. The standard InChI is InChI=1S/C13H17BrN2O2S/c1-7-4-8(2)12(10(14)5-7)16-13(18)11(6-19)15-9(3)17/h4-5,11,19H,6H2,1-3H3,(H,15,17)(H,16,18). The number of aryl methyl sites for hydroxylation is 2. The van der Waals surface area contributed by atoms with E-state index in [0.717, 1.165) is 15.6 Å². The summed E-state index contributed by atoms with van der Waals surface area (Å²) >= 11 is 7.50. The molecule has 0 aliphatic carbocycles. The van der Waals surface area contributed by atoms with Crippen molar-refractivity contribution < 1.29 is 9.59 Å². The van der Waals surface area contributed by atoms with E-state index in [4.69, 9.17) is 0 Å². The number of carbonyl (C=O) groups excluding carboxylic acids is 2. The first-order valence-corrected chi connectivity index (χ1v) is 7.23. The van der Waals surface area contributed by atoms with Crippen LogP contribution in [0, 0.1) is 13.8 Å². The lowest BCUT2D eigenvalue weighted by atomic mass is 10.1. The van der Waals surface area contributed by atoms with Crippen molar-refractivity contribution in [1.82, 2.24) is 5.32 Å². The van der Waals surface area contributed by atoms with Crippen LogP contribution in [-0.4, -0.2) is 23.6 Å². The minimum Gasteiger partial charge on any atom is -0.344 e. The zero-order chi connectivity index (χ0) is 14.6. The van der Waals surface area contributed by atoms with Crippen LogP contribution in [0.25, 0.3) is 0 Å². The molecule has 19 heavy (non-hydrogen) atoms. The van der Waals surface area contributed by atoms with E-state index in [-0.39, 0.29) is 17.6 Å². The van der Waals surface area contributed by atoms with Gasteiger partial charge >= 0.3 is 0 Å². The number of rotatable bonds is 4. The summed E-state index contributed by atoms with van der Waals surface area (Å²) in [4.78, 5) is 23.1. The molecule has 1 aromatic carbocycles. The van der Waals surface area contributed by atoms with Gasteiger partial charge in [-0.05, 0) is 47.0 Å². The quantitative estimate of drug-likeness (QED) is 0.734. The Kier molecular flexibility index (Phi) is 5.87. The summed E-state index contributed by atoms with van der Waals surface area (Å²) in [6.45, 7) is 5.27. The van der Waals surface area contributed by atoms with Crippen LogP contribution < -0.4 is 10.6 Å². The molecule has 0 fully saturated rings. The number of carbonyl (C=O) groups is 2. The zero-order valence-electron chi connectivity index (χ0n) is 11.1. The highest BCUT2D eigenvalue weighted by Gasteiger charge is 2.19. The lowest BCUT2D eigenvalue weighted by Gasteiger charge is -2.17. The van der Waals surface area contributed by atoms with Gasteiger partial charge in [0, 0.05) is 17.1 Å². The van der Waals surface area contributed by atoms with Crippen molar-refractivity contribution >= 4 is 46.1 Å². The molecule has 1 aromatic rings. The molecule has 0 aromatic heterocycles. The summed E-state index contributed by atoms with van der Waals surface area (Å²) in [6.07, 6.45) is 0. The van der Waals surface area contributed by atoms with Crippen molar-refractivity contribution in [3.05, 3.63) is 27.7 Å². The van der Waals surface area contributed by atoms with E-state index in [1.54, 1.807) is 0 Å². The highest BCUT2D eigenvalue weighted by atomic mass is 79.9. The van der Waals surface area contributed by atoms with Crippen LogP contribution in [0.2, 0.25) is 0 Å². The molecule has 0 radical (unpaired) electrons. The molecule has 0 aliphatic heterocycles. The van der Waals surface area contributed by atoms with Gasteiger partial charge in [-0.2, -0.15) is 12.6 Å². The van der Waals surface area contributed by atoms with E-state index in [0.29, 0.717) is 5.69 Å². The number of nitrogens with one attached hydrogen (secondary N) is 2. The molecule has 1 atom stereocenters. The van der Waals surface area contributed by atoms with Gasteiger partial charge < -0.3 is 10.6 Å². The van der Waals surface area contributed by atoms with Crippen molar-refractivity contribution in [3.8, 4) is 0 Å². The molecule has 1 unspecified atom stereocenters. The summed E-state index contributed by atoms with van der Waals surface area (Å²) in [5.41, 5.74) is 2.78. The van der Waals surface area contributed by atoms with Gasteiger partial charge in [0.05, 0.1) is 5.69 Å². The third-order valence-corrected chi connectivity index (χ3v) is 3.55. The van der Waals surface area contributed by atoms with Crippen LogP contribution in [0.1, 0.15) is 18.1 Å². The number of halogens is 1. The first-order chi connectivity index (χ1) is 8.85. The van der Waals surface area contributed by atoms with E-state index in [1.807, 2.05) is 26.0 Å². The maximum atomic E-state index is 12.1. The monoisotopic (exact) mass is 344 g/mol. The molecule has 104 valence electrons. The maximum Gasteiger partial charge on any atom is 0.247 e. The molecule has 2 N–H and O–H groups in total. The molecule has 4 nitrogen and oxygen atoms in total. The van der Waals surface area contributed by atoms with E-state index in [9.17, 15) is 9.59 Å². The van der Waals surface area contributed by atoms with E-state index < -0.39 is 6.04 Å². The fraction of sp³-hybridized carbons (Fsp3) is 0.385. The molecule has 0 aliphatic rings. The van der Waals surface area contributed by atoms with Gasteiger partial charge in [0.25, 0.3) is 0 Å². The molecule has 0 heterocycles. The van der Waals surface area contributed by atoms with Crippen molar-refractivity contribution in [3.63, 3.8) is 0 Å². The average Bonchev–Trinajstić information content (AvgIpc) is 2.30. The number of hydrogen-bond acceptors (Lipinski definition) is 3. The first kappa shape index (κ1) is 16.0. The Labute approximate surface area is 126 Å². The van der Waals surface area contributed by atoms with Crippen molar-refractivity contribution in [2.45, 2.75) is 26.8 Å². The second kappa shape index (κ2) is 6.96. The largest absolute Gasteiger partial charge is 0.344 e. The normalized spacial score (nSPS) is 11.8. The minimum absolute atomic E-state index is 0.244. The molecule has 0 spiro atoms. The smallest absolute Gasteiger partial charge is 0.247 e. The molecular formula is C13H17BrN2O2S. The Morgan fingerprint density at radius 1 is 1.37 bits per heavy atom. The highest BCUT2D eigenvalue weighted by Crippen LogP contribution is 2.27. The SMILES string of the molecule is CC(=O)NC(CS)C(=O)Nc1c(C)cc(C)cc1Br. The Morgan fingerprint density at radius 3 is 2.47 bits per heavy atom. The number of anilines is 1. The lowest BCUT2D eigenvalue weighted by molar-refractivity contribution is -0.124. The van der Waals surface area contributed by atoms with Gasteiger partial charge in [0.1, 0.15) is 6.04 Å². The third kappa shape index (κ3) is 4.54. The van der Waals surface area contributed by atoms with Crippen molar-refractivity contribution in [1.29, 1.82) is 0 Å². The van der Waals surface area contributed by atoms with Gasteiger partial charge in [-0.15, -0.1) is 0 Å². The first-order valence-electron chi connectivity index (χ1n) is 5.80. The molecule has 0 bridgehead atoms. The van der Waals surface area contributed by atoms with E-state index >= 15 is 0 Å². The second-order valence-electron chi connectivity index (χ2n) is 4.36. The summed E-state index contributed by atoms with van der Waals surface area (Å²) in [5.74, 6) is -0.291. The maximum absolute atomic E-state index is 12.1. The number of benzene rings is 1. The number of hydrogen-bond donors (Lipinski definition) is 3. The third-order valence-electron chi connectivity index (χ3n) is 2.56. The second-order valence-corrected chi connectivity index (χ2v) is 5.58. The summed E-state index contributed by atoms with van der Waals surface area (Å²) in [7, 11) is 0. The summed E-state index contributed by atoms with van der Waals surface area (Å²) < 4.78 is 0.819. The van der Waals surface area contributed by atoms with Crippen LogP contribution in [0.15, 0.2) is 16.6 Å². The van der Waals surface area contributed by atoms with Gasteiger partial charge in [0.2, 0.25) is 11.8 Å². The molecule has 0 saturated carbocycles. The number of amides is 2. The molecule has 1 rings (SSSR count). The predicted molar refractivity (Wildman–Crippen MR) is 83.7 cm³/mol. The van der Waals surface area contributed by atoms with Crippen LogP contribution in [0.5, 0.6) is 0 Å². The van der Waals surface area contributed by atoms with Crippen LogP contribution in [0.3, 0.4) is 0 Å². The molecular weight excluding hydrogens is 328 g/mol. The fourth-order valence-electron chi connectivity index (χ4n) is 1.72. The van der Waals surface area contributed by atoms with E-state index in [2.05, 4.69) is 39.2 Å². The Bertz CT molecular complexity index is 482. The Balaban J connectivity index is 2.90. The van der Waals surface area contributed by atoms with Crippen LogP contribution >= 0.6 is 28.6 Å². The lowest BCUT2D eigenvalue weighted by Crippen LogP contribution is -2.44. The van der Waals surface area contributed by atoms with Crippen LogP contribution in [-0.2, 0) is 9.59 Å². The van der Waals surface area contributed by atoms with Gasteiger partial charge in [-0.3, -0.25) is 9.59 Å². The fourth-order valence-corrected chi connectivity index (χ4v) is 2.75. The Hall–Kier alpha value is -1.01. The zero-order valence-corrected chi connectivity index (χ0v) is 13.6. The number of thiol groups is 1. The van der Waals surface area contributed by atoms with Gasteiger partial charge in [0.15, 0.2) is 0 Å². The molecule has 2 amide bonds. The minimum atomic E-state index is -0.645. The summed E-state index contributed by atoms with van der Waals surface area (Å²) in [6, 6.07) is 3.26.